The van der Waals surface area contributed by atoms with Crippen molar-refractivity contribution in [2.24, 2.45) is 0 Å². The highest BCUT2D eigenvalue weighted by Crippen LogP contribution is 2.30. The van der Waals surface area contributed by atoms with Gasteiger partial charge in [-0.25, -0.2) is 4.39 Å². The number of halogens is 1. The fraction of sp³-hybridized carbons (Fsp3) is 0.286. The molecule has 0 fully saturated rings. The van der Waals surface area contributed by atoms with E-state index in [4.69, 9.17) is 4.42 Å². The minimum Gasteiger partial charge on any atom is -0.456 e. The van der Waals surface area contributed by atoms with Gasteiger partial charge in [0.15, 0.2) is 11.4 Å². The highest BCUT2D eigenvalue weighted by molar-refractivity contribution is 7.05. The molecule has 0 aliphatic heterocycles. The van der Waals surface area contributed by atoms with Crippen molar-refractivity contribution >= 4 is 22.5 Å². The van der Waals surface area contributed by atoms with E-state index in [-0.39, 0.29) is 11.9 Å². The van der Waals surface area contributed by atoms with E-state index in [0.717, 1.165) is 23.2 Å². The van der Waals surface area contributed by atoms with Crippen LogP contribution in [0.25, 0.3) is 11.0 Å². The highest BCUT2D eigenvalue weighted by Gasteiger charge is 2.21. The second-order valence-corrected chi connectivity index (χ2v) is 5.33. The molecule has 1 unspecified atom stereocenters. The van der Waals surface area contributed by atoms with Crippen molar-refractivity contribution < 1.29 is 8.81 Å². The van der Waals surface area contributed by atoms with Gasteiger partial charge in [0.1, 0.15) is 11.8 Å². The summed E-state index contributed by atoms with van der Waals surface area (Å²) in [6.07, 6.45) is 2.71. The fourth-order valence-electron chi connectivity index (χ4n) is 2.12. The van der Waals surface area contributed by atoms with Gasteiger partial charge in [-0.2, -0.15) is 0 Å². The van der Waals surface area contributed by atoms with Crippen molar-refractivity contribution in [3.05, 3.63) is 46.9 Å². The SMILES string of the molecule is CCCNC(c1cc2cccc(F)c2o1)c1cnns1. The molecule has 0 aliphatic carbocycles. The minimum absolute atomic E-state index is 0.137. The van der Waals surface area contributed by atoms with Crippen LogP contribution in [0.15, 0.2) is 34.9 Å². The van der Waals surface area contributed by atoms with Crippen molar-refractivity contribution in [1.82, 2.24) is 14.9 Å². The molecule has 0 bridgehead atoms. The van der Waals surface area contributed by atoms with Gasteiger partial charge < -0.3 is 9.73 Å². The molecule has 20 heavy (non-hydrogen) atoms. The van der Waals surface area contributed by atoms with Gasteiger partial charge in [-0.05, 0) is 36.6 Å². The Bertz CT molecular complexity index is 696. The zero-order valence-corrected chi connectivity index (χ0v) is 11.8. The largest absolute Gasteiger partial charge is 0.456 e. The summed E-state index contributed by atoms with van der Waals surface area (Å²) in [4.78, 5) is 0.956. The molecule has 2 heterocycles. The second-order valence-electron chi connectivity index (χ2n) is 4.51. The van der Waals surface area contributed by atoms with Crippen LogP contribution in [-0.4, -0.2) is 16.1 Å². The van der Waals surface area contributed by atoms with Crippen LogP contribution >= 0.6 is 11.5 Å². The zero-order valence-electron chi connectivity index (χ0n) is 11.0. The summed E-state index contributed by atoms with van der Waals surface area (Å²) in [5.74, 6) is 0.343. The maximum atomic E-state index is 13.7. The van der Waals surface area contributed by atoms with E-state index >= 15 is 0 Å². The van der Waals surface area contributed by atoms with E-state index in [2.05, 4.69) is 21.8 Å². The Kier molecular flexibility index (Phi) is 3.75. The number of benzene rings is 1. The summed E-state index contributed by atoms with van der Waals surface area (Å²) < 4.78 is 23.3. The van der Waals surface area contributed by atoms with Crippen molar-refractivity contribution in [1.29, 1.82) is 0 Å². The third kappa shape index (κ3) is 2.44. The van der Waals surface area contributed by atoms with Crippen LogP contribution in [0.1, 0.15) is 30.0 Å². The maximum absolute atomic E-state index is 13.7. The van der Waals surface area contributed by atoms with E-state index in [0.29, 0.717) is 11.3 Å². The number of nitrogens with one attached hydrogen (secondary N) is 1. The predicted octanol–water partition coefficient (Wildman–Crippen LogP) is 3.51. The number of furan rings is 1. The van der Waals surface area contributed by atoms with E-state index in [1.54, 1.807) is 12.3 Å². The maximum Gasteiger partial charge on any atom is 0.169 e. The Morgan fingerprint density at radius 3 is 3.05 bits per heavy atom. The monoisotopic (exact) mass is 291 g/mol. The quantitative estimate of drug-likeness (QED) is 0.781. The lowest BCUT2D eigenvalue weighted by Gasteiger charge is -2.13. The summed E-state index contributed by atoms with van der Waals surface area (Å²) >= 11 is 1.31. The first-order valence-electron chi connectivity index (χ1n) is 6.48. The first-order valence-corrected chi connectivity index (χ1v) is 7.25. The molecule has 3 aromatic rings. The molecular formula is C14H14FN3OS. The Labute approximate surface area is 119 Å². The number of para-hydroxylation sites is 1. The van der Waals surface area contributed by atoms with Crippen molar-refractivity contribution in [2.45, 2.75) is 19.4 Å². The number of hydrogen-bond acceptors (Lipinski definition) is 5. The van der Waals surface area contributed by atoms with Crippen LogP contribution in [0.5, 0.6) is 0 Å². The molecule has 6 heteroatoms. The Morgan fingerprint density at radius 1 is 1.45 bits per heavy atom. The van der Waals surface area contributed by atoms with Gasteiger partial charge in [-0.15, -0.1) is 5.10 Å². The zero-order chi connectivity index (χ0) is 13.9. The lowest BCUT2D eigenvalue weighted by Crippen LogP contribution is -2.21. The molecule has 4 nitrogen and oxygen atoms in total. The Morgan fingerprint density at radius 2 is 2.35 bits per heavy atom. The predicted molar refractivity (Wildman–Crippen MR) is 76.2 cm³/mol. The molecule has 0 amide bonds. The summed E-state index contributed by atoms with van der Waals surface area (Å²) in [5.41, 5.74) is 0.295. The van der Waals surface area contributed by atoms with Gasteiger partial charge in [0, 0.05) is 5.39 Å². The molecular weight excluding hydrogens is 277 g/mol. The van der Waals surface area contributed by atoms with Crippen LogP contribution < -0.4 is 5.32 Å². The van der Waals surface area contributed by atoms with Crippen molar-refractivity contribution in [3.63, 3.8) is 0 Å². The van der Waals surface area contributed by atoms with Crippen LogP contribution in [0, 0.1) is 5.82 Å². The molecule has 1 N–H and O–H groups in total. The molecule has 0 saturated carbocycles. The molecule has 0 aliphatic rings. The smallest absolute Gasteiger partial charge is 0.169 e. The van der Waals surface area contributed by atoms with Gasteiger partial charge in [0.05, 0.1) is 11.1 Å². The average molecular weight is 291 g/mol. The standard InChI is InChI=1S/C14H14FN3OS/c1-2-6-16-13(12-8-17-18-20-12)11-7-9-4-3-5-10(15)14(9)19-11/h3-5,7-8,13,16H,2,6H2,1H3. The molecule has 3 rings (SSSR count). The first-order chi connectivity index (χ1) is 9.79. The topological polar surface area (TPSA) is 51.0 Å². The number of fused-ring (bicyclic) bond motifs is 1. The Balaban J connectivity index is 2.02. The average Bonchev–Trinajstić information content (AvgIpc) is 3.09. The summed E-state index contributed by atoms with van der Waals surface area (Å²) in [7, 11) is 0. The van der Waals surface area contributed by atoms with Crippen molar-refractivity contribution in [3.8, 4) is 0 Å². The molecule has 1 atom stereocenters. The minimum atomic E-state index is -0.342. The number of hydrogen-bond donors (Lipinski definition) is 1. The summed E-state index contributed by atoms with van der Waals surface area (Å²) in [5, 5.41) is 8.01. The highest BCUT2D eigenvalue weighted by atomic mass is 32.1. The molecule has 104 valence electrons. The van der Waals surface area contributed by atoms with Gasteiger partial charge in [-0.3, -0.25) is 0 Å². The number of nitrogens with zero attached hydrogens (tertiary/aromatic N) is 2. The van der Waals surface area contributed by atoms with Crippen LogP contribution in [0.2, 0.25) is 0 Å². The number of aromatic nitrogens is 2. The molecule has 0 spiro atoms. The Hall–Kier alpha value is -1.79. The van der Waals surface area contributed by atoms with Crippen LogP contribution in [0.3, 0.4) is 0 Å². The lowest BCUT2D eigenvalue weighted by molar-refractivity contribution is 0.462. The molecule has 2 aromatic heterocycles. The van der Waals surface area contributed by atoms with Crippen LogP contribution in [0.4, 0.5) is 4.39 Å². The van der Waals surface area contributed by atoms with E-state index in [1.165, 1.54) is 17.6 Å². The summed E-state index contributed by atoms with van der Waals surface area (Å²) in [6, 6.07) is 6.65. The summed E-state index contributed by atoms with van der Waals surface area (Å²) in [6.45, 7) is 2.93. The van der Waals surface area contributed by atoms with E-state index in [9.17, 15) is 4.39 Å². The van der Waals surface area contributed by atoms with Gasteiger partial charge in [0.25, 0.3) is 0 Å². The van der Waals surface area contributed by atoms with Gasteiger partial charge >= 0.3 is 0 Å². The van der Waals surface area contributed by atoms with Crippen molar-refractivity contribution in [2.75, 3.05) is 6.54 Å². The van der Waals surface area contributed by atoms with E-state index < -0.39 is 0 Å². The van der Waals surface area contributed by atoms with Crippen LogP contribution in [-0.2, 0) is 0 Å². The second kappa shape index (κ2) is 5.68. The normalized spacial score (nSPS) is 12.9. The van der Waals surface area contributed by atoms with Gasteiger partial charge in [-0.1, -0.05) is 23.5 Å². The number of rotatable bonds is 5. The first kappa shape index (κ1) is 13.2. The molecule has 1 aromatic carbocycles. The molecule has 0 saturated heterocycles. The fourth-order valence-corrected chi connectivity index (χ4v) is 2.71. The van der Waals surface area contributed by atoms with E-state index in [1.807, 2.05) is 12.1 Å². The van der Waals surface area contributed by atoms with Gasteiger partial charge in [0.2, 0.25) is 0 Å². The third-order valence-electron chi connectivity index (χ3n) is 3.06. The lowest BCUT2D eigenvalue weighted by atomic mass is 10.1. The molecule has 0 radical (unpaired) electrons. The third-order valence-corrected chi connectivity index (χ3v) is 3.79.